The van der Waals surface area contributed by atoms with Crippen LogP contribution in [0.4, 0.5) is 11.4 Å². The van der Waals surface area contributed by atoms with Crippen LogP contribution in [0.15, 0.2) is 41.4 Å². The number of anilines is 1. The van der Waals surface area contributed by atoms with Crippen LogP contribution in [0.25, 0.3) is 0 Å². The molecule has 0 radical (unpaired) electrons. The van der Waals surface area contributed by atoms with Gasteiger partial charge in [0, 0.05) is 37.0 Å². The Morgan fingerprint density at radius 1 is 0.894 bits per heavy atom. The topological polar surface area (TPSA) is 113 Å². The minimum atomic E-state index is -0.827. The van der Waals surface area contributed by atoms with Crippen molar-refractivity contribution in [2.75, 3.05) is 45.4 Å². The van der Waals surface area contributed by atoms with E-state index in [1.54, 1.807) is 42.2 Å². The number of rotatable bonds is 10. The Kier molecular flexibility index (Phi) is 9.11. The highest BCUT2D eigenvalue weighted by molar-refractivity contribution is 6.04. The van der Waals surface area contributed by atoms with Crippen LogP contribution in [-0.2, 0) is 0 Å². The quantitative estimate of drug-likeness (QED) is 0.271. The fourth-order valence-corrected chi connectivity index (χ4v) is 7.12. The molecule has 2 fully saturated rings. The second kappa shape index (κ2) is 13.1. The molecule has 2 aromatic carbocycles. The highest BCUT2D eigenvalue weighted by atomic mass is 16.5. The molecule has 47 heavy (non-hydrogen) atoms. The Bertz CT molecular complexity index is 1580. The molecule has 1 N–H and O–H groups in total. The van der Waals surface area contributed by atoms with Crippen LogP contribution in [0.2, 0.25) is 0 Å². The Labute approximate surface area is 276 Å². The molecule has 252 valence electrons. The number of nitrogens with zero attached hydrogens (tertiary/aromatic N) is 4. The molecule has 4 aliphatic rings. The normalized spacial score (nSPS) is 22.0. The van der Waals surface area contributed by atoms with E-state index >= 15 is 0 Å². The fourth-order valence-electron chi connectivity index (χ4n) is 7.12. The first kappa shape index (κ1) is 32.7. The number of benzene rings is 2. The number of fused-ring (bicyclic) bond motifs is 4. The van der Waals surface area contributed by atoms with Gasteiger partial charge in [-0.05, 0) is 71.4 Å². The molecule has 3 atom stereocenters. The summed E-state index contributed by atoms with van der Waals surface area (Å²) in [6, 6.07) is 6.75. The lowest BCUT2D eigenvalue weighted by atomic mass is 10.00. The number of aliphatic imine (C=N–C) groups is 1. The van der Waals surface area contributed by atoms with Crippen LogP contribution >= 0.6 is 0 Å². The van der Waals surface area contributed by atoms with Crippen LogP contribution in [0.1, 0.15) is 80.0 Å². The Morgan fingerprint density at radius 3 is 2.19 bits per heavy atom. The SMILES string of the molecule is C=C1C[C@H]2C=Nc3cc(OCCCCCOc4cc5c(cc4OC)C(=O)N4CCC[C@H]4[C@H](O)N5C(C)(C)C)c(OC)cc3C(=O)N2C1. The van der Waals surface area contributed by atoms with Gasteiger partial charge in [0.1, 0.15) is 6.23 Å². The van der Waals surface area contributed by atoms with Crippen LogP contribution in [0, 0.1) is 0 Å². The van der Waals surface area contributed by atoms with E-state index in [0.717, 1.165) is 44.1 Å². The smallest absolute Gasteiger partial charge is 0.257 e. The van der Waals surface area contributed by atoms with E-state index < -0.39 is 11.8 Å². The first-order valence-corrected chi connectivity index (χ1v) is 16.5. The van der Waals surface area contributed by atoms with Crippen molar-refractivity contribution in [2.45, 2.75) is 83.1 Å². The molecule has 0 saturated carbocycles. The van der Waals surface area contributed by atoms with Gasteiger partial charge in [-0.2, -0.15) is 0 Å². The van der Waals surface area contributed by atoms with Gasteiger partial charge < -0.3 is 38.8 Å². The summed E-state index contributed by atoms with van der Waals surface area (Å²) in [6.07, 6.45) is 5.75. The van der Waals surface area contributed by atoms with Crippen molar-refractivity contribution >= 4 is 29.4 Å². The number of aliphatic hydroxyl groups is 1. The zero-order valence-electron chi connectivity index (χ0n) is 28.1. The molecule has 2 saturated heterocycles. The molecule has 0 unspecified atom stereocenters. The van der Waals surface area contributed by atoms with E-state index in [4.69, 9.17) is 18.9 Å². The molecule has 11 nitrogen and oxygen atoms in total. The van der Waals surface area contributed by atoms with Crippen molar-refractivity contribution in [2.24, 2.45) is 4.99 Å². The van der Waals surface area contributed by atoms with Gasteiger partial charge >= 0.3 is 0 Å². The number of hydrogen-bond acceptors (Lipinski definition) is 9. The molecule has 0 spiro atoms. The summed E-state index contributed by atoms with van der Waals surface area (Å²) in [7, 11) is 3.13. The van der Waals surface area contributed by atoms with Gasteiger partial charge in [0.05, 0.1) is 62.0 Å². The largest absolute Gasteiger partial charge is 0.493 e. The summed E-state index contributed by atoms with van der Waals surface area (Å²) >= 11 is 0. The zero-order valence-corrected chi connectivity index (χ0v) is 28.1. The minimum Gasteiger partial charge on any atom is -0.493 e. The Balaban J connectivity index is 1.07. The maximum absolute atomic E-state index is 13.6. The predicted molar refractivity (Wildman–Crippen MR) is 180 cm³/mol. The molecule has 2 aromatic rings. The summed E-state index contributed by atoms with van der Waals surface area (Å²) < 4.78 is 23.5. The monoisotopic (exact) mass is 646 g/mol. The van der Waals surface area contributed by atoms with Crippen molar-refractivity contribution in [1.29, 1.82) is 0 Å². The summed E-state index contributed by atoms with van der Waals surface area (Å²) in [5.74, 6) is 1.90. The molecule has 2 amide bonds. The van der Waals surface area contributed by atoms with Gasteiger partial charge in [-0.25, -0.2) is 0 Å². The van der Waals surface area contributed by atoms with Crippen molar-refractivity contribution in [3.63, 3.8) is 0 Å². The maximum atomic E-state index is 13.6. The van der Waals surface area contributed by atoms with Gasteiger partial charge in [0.25, 0.3) is 11.8 Å². The Morgan fingerprint density at radius 2 is 1.53 bits per heavy atom. The number of carbonyl (C=O) groups is 2. The molecule has 4 heterocycles. The third-order valence-corrected chi connectivity index (χ3v) is 9.42. The number of carbonyl (C=O) groups excluding carboxylic acids is 2. The third-order valence-electron chi connectivity index (χ3n) is 9.42. The average Bonchev–Trinajstić information content (AvgIpc) is 3.64. The number of methoxy groups -OCH3 is 2. The molecule has 6 rings (SSSR count). The molecule has 0 aliphatic carbocycles. The zero-order chi connectivity index (χ0) is 33.5. The molecule has 0 bridgehead atoms. The number of ether oxygens (including phenoxy) is 4. The molecular formula is C36H46N4O7. The molecule has 0 aromatic heterocycles. The highest BCUT2D eigenvalue weighted by Crippen LogP contribution is 2.44. The number of unbranched alkanes of at least 4 members (excludes halogenated alkanes) is 2. The van der Waals surface area contributed by atoms with Crippen LogP contribution in [-0.4, -0.2) is 97.3 Å². The van der Waals surface area contributed by atoms with E-state index in [9.17, 15) is 14.7 Å². The minimum absolute atomic E-state index is 0.0741. The van der Waals surface area contributed by atoms with Gasteiger partial charge in [-0.15, -0.1) is 0 Å². The lowest BCUT2D eigenvalue weighted by Gasteiger charge is -2.43. The fraction of sp³-hybridized carbons (Fsp3) is 0.528. The van der Waals surface area contributed by atoms with E-state index in [0.29, 0.717) is 71.8 Å². The van der Waals surface area contributed by atoms with E-state index in [2.05, 4.69) is 11.6 Å². The standard InChI is InChI=1S/C36H46N4O7/c1-22-15-23-20-37-26-18-31(29(44-5)16-24(26)33(41)39(23)21-22)46-13-8-7-9-14-47-32-19-28-25(17-30(32)45-6)34(42)38-12-10-11-27(38)35(43)40(28)36(2,3)4/h16-20,23,27,35,43H,1,7-15,21H2,2-6H3/t23-,27-,35-/m0/s1. The molecular weight excluding hydrogens is 600 g/mol. The summed E-state index contributed by atoms with van der Waals surface area (Å²) in [6.45, 7) is 12.2. The first-order valence-electron chi connectivity index (χ1n) is 16.5. The van der Waals surface area contributed by atoms with Gasteiger partial charge in [-0.3, -0.25) is 14.6 Å². The van der Waals surface area contributed by atoms with E-state index in [-0.39, 0.29) is 23.9 Å². The summed E-state index contributed by atoms with van der Waals surface area (Å²) in [5, 5.41) is 11.5. The number of hydrogen-bond donors (Lipinski definition) is 1. The molecule has 11 heteroatoms. The van der Waals surface area contributed by atoms with Gasteiger partial charge in [-0.1, -0.05) is 12.2 Å². The highest BCUT2D eigenvalue weighted by Gasteiger charge is 2.45. The van der Waals surface area contributed by atoms with Crippen LogP contribution < -0.4 is 23.8 Å². The van der Waals surface area contributed by atoms with Crippen LogP contribution in [0.5, 0.6) is 23.0 Å². The number of amides is 2. The van der Waals surface area contributed by atoms with Crippen molar-refractivity contribution < 1.29 is 33.6 Å². The third kappa shape index (κ3) is 6.25. The lowest BCUT2D eigenvalue weighted by molar-refractivity contribution is 0.0460. The second-order valence-corrected chi connectivity index (χ2v) is 13.7. The van der Waals surface area contributed by atoms with E-state index in [1.165, 1.54) is 0 Å². The van der Waals surface area contributed by atoms with Gasteiger partial charge in [0.2, 0.25) is 0 Å². The predicted octanol–water partition coefficient (Wildman–Crippen LogP) is 5.36. The van der Waals surface area contributed by atoms with E-state index in [1.807, 2.05) is 38.0 Å². The van der Waals surface area contributed by atoms with Crippen molar-refractivity contribution in [1.82, 2.24) is 9.80 Å². The average molecular weight is 647 g/mol. The van der Waals surface area contributed by atoms with Crippen molar-refractivity contribution in [3.05, 3.63) is 47.5 Å². The Hall–Kier alpha value is -4.25. The van der Waals surface area contributed by atoms with Gasteiger partial charge in [0.15, 0.2) is 23.0 Å². The summed E-state index contributed by atoms with van der Waals surface area (Å²) in [4.78, 5) is 37.0. The maximum Gasteiger partial charge on any atom is 0.257 e. The second-order valence-electron chi connectivity index (χ2n) is 13.7. The number of aliphatic hydroxyl groups excluding tert-OH is 1. The summed E-state index contributed by atoms with van der Waals surface area (Å²) in [5.41, 5.74) is 2.83. The van der Waals surface area contributed by atoms with Crippen molar-refractivity contribution in [3.8, 4) is 23.0 Å². The first-order chi connectivity index (χ1) is 22.5. The van der Waals surface area contributed by atoms with Crippen LogP contribution in [0.3, 0.4) is 0 Å². The molecule has 4 aliphatic heterocycles. The lowest BCUT2D eigenvalue weighted by Crippen LogP contribution is -2.55.